The Morgan fingerprint density at radius 2 is 1.90 bits per heavy atom. The molecule has 0 saturated heterocycles. The monoisotopic (exact) mass is 394 g/mol. The summed E-state index contributed by atoms with van der Waals surface area (Å²) in [6.45, 7) is 4.70. The molecule has 0 saturated carbocycles. The molecule has 1 amide bonds. The molecule has 3 rings (SSSR count). The van der Waals surface area contributed by atoms with Gasteiger partial charge in [-0.25, -0.2) is 5.43 Å². The Hall–Kier alpha value is -3.81. The highest BCUT2D eigenvalue weighted by molar-refractivity contribution is 5.94. The van der Waals surface area contributed by atoms with Crippen molar-refractivity contribution in [1.29, 1.82) is 0 Å². The summed E-state index contributed by atoms with van der Waals surface area (Å²) >= 11 is 0. The number of phenolic OH excluding ortho intramolecular Hbond substituents is 1. The van der Waals surface area contributed by atoms with Crippen molar-refractivity contribution in [3.8, 4) is 28.5 Å². The van der Waals surface area contributed by atoms with Crippen molar-refractivity contribution >= 4 is 12.1 Å². The van der Waals surface area contributed by atoms with Gasteiger partial charge in [0.25, 0.3) is 5.91 Å². The number of carbonyl (C=O) groups is 1. The van der Waals surface area contributed by atoms with Gasteiger partial charge < -0.3 is 14.6 Å². The van der Waals surface area contributed by atoms with E-state index in [4.69, 9.17) is 9.47 Å². The quantitative estimate of drug-likeness (QED) is 0.401. The Labute approximate surface area is 168 Å². The smallest absolute Gasteiger partial charge is 0.289 e. The van der Waals surface area contributed by atoms with Crippen LogP contribution in [-0.2, 0) is 0 Å². The summed E-state index contributed by atoms with van der Waals surface area (Å²) in [7, 11) is 0. The van der Waals surface area contributed by atoms with Crippen molar-refractivity contribution in [2.75, 3.05) is 13.2 Å². The molecule has 0 fully saturated rings. The lowest BCUT2D eigenvalue weighted by molar-refractivity contribution is 0.0950. The van der Waals surface area contributed by atoms with Gasteiger partial charge in [-0.15, -0.1) is 0 Å². The number of aromatic nitrogens is 2. The van der Waals surface area contributed by atoms with E-state index >= 15 is 0 Å². The van der Waals surface area contributed by atoms with Crippen LogP contribution >= 0.6 is 0 Å². The molecule has 0 aliphatic carbocycles. The van der Waals surface area contributed by atoms with E-state index in [0.717, 1.165) is 5.56 Å². The van der Waals surface area contributed by atoms with Gasteiger partial charge in [-0.1, -0.05) is 12.1 Å². The molecule has 150 valence electrons. The SMILES string of the molecule is CCOc1cc(/C=N\NC(=O)c2cc(-c3ccccc3OCC)n[nH]2)ccc1O. The maximum atomic E-state index is 12.3. The largest absolute Gasteiger partial charge is 0.504 e. The molecule has 0 aliphatic rings. The number of nitrogens with zero attached hydrogens (tertiary/aromatic N) is 2. The van der Waals surface area contributed by atoms with Crippen molar-refractivity contribution in [1.82, 2.24) is 15.6 Å². The van der Waals surface area contributed by atoms with Gasteiger partial charge in [0.2, 0.25) is 0 Å². The van der Waals surface area contributed by atoms with Gasteiger partial charge in [0, 0.05) is 5.56 Å². The van der Waals surface area contributed by atoms with Crippen molar-refractivity contribution in [3.63, 3.8) is 0 Å². The number of benzene rings is 2. The van der Waals surface area contributed by atoms with Gasteiger partial charge in [0.05, 0.1) is 25.1 Å². The number of ether oxygens (including phenoxy) is 2. The standard InChI is InChI=1S/C21H22N4O4/c1-3-28-19-8-6-5-7-15(19)16-12-17(24-23-16)21(27)25-22-13-14-9-10-18(26)20(11-14)29-4-2/h5-13,26H,3-4H2,1-2H3,(H,23,24)(H,25,27)/b22-13-. The maximum absolute atomic E-state index is 12.3. The summed E-state index contributed by atoms with van der Waals surface area (Å²) in [5, 5.41) is 20.6. The summed E-state index contributed by atoms with van der Waals surface area (Å²) in [5.74, 6) is 0.668. The van der Waals surface area contributed by atoms with Crippen molar-refractivity contribution in [2.45, 2.75) is 13.8 Å². The number of rotatable bonds is 8. The van der Waals surface area contributed by atoms with E-state index in [2.05, 4.69) is 20.7 Å². The van der Waals surface area contributed by atoms with Crippen LogP contribution in [0, 0.1) is 0 Å². The predicted octanol–water partition coefficient (Wildman–Crippen LogP) is 3.34. The minimum atomic E-state index is -0.433. The third-order valence-corrected chi connectivity index (χ3v) is 3.95. The second-order valence-electron chi connectivity index (χ2n) is 5.96. The number of aromatic hydroxyl groups is 1. The van der Waals surface area contributed by atoms with Crippen LogP contribution in [0.25, 0.3) is 11.3 Å². The van der Waals surface area contributed by atoms with Crippen LogP contribution in [0.5, 0.6) is 17.2 Å². The zero-order chi connectivity index (χ0) is 20.6. The molecular weight excluding hydrogens is 372 g/mol. The van der Waals surface area contributed by atoms with Gasteiger partial charge in [-0.3, -0.25) is 9.89 Å². The predicted molar refractivity (Wildman–Crippen MR) is 110 cm³/mol. The summed E-state index contributed by atoms with van der Waals surface area (Å²) in [4.78, 5) is 12.3. The van der Waals surface area contributed by atoms with Crippen LogP contribution in [0.1, 0.15) is 29.9 Å². The highest BCUT2D eigenvalue weighted by Crippen LogP contribution is 2.29. The van der Waals surface area contributed by atoms with E-state index in [-0.39, 0.29) is 11.4 Å². The van der Waals surface area contributed by atoms with Crippen LogP contribution < -0.4 is 14.9 Å². The molecule has 3 N–H and O–H groups in total. The maximum Gasteiger partial charge on any atom is 0.289 e. The average molecular weight is 394 g/mol. The zero-order valence-electron chi connectivity index (χ0n) is 16.2. The molecular formula is C21H22N4O4. The van der Waals surface area contributed by atoms with Crippen LogP contribution in [0.15, 0.2) is 53.6 Å². The topological polar surface area (TPSA) is 109 Å². The number of H-pyrrole nitrogens is 1. The fourth-order valence-corrected chi connectivity index (χ4v) is 2.64. The van der Waals surface area contributed by atoms with E-state index in [1.54, 1.807) is 18.2 Å². The molecule has 0 atom stereocenters. The third-order valence-electron chi connectivity index (χ3n) is 3.95. The molecule has 0 radical (unpaired) electrons. The van der Waals surface area contributed by atoms with E-state index in [1.807, 2.05) is 38.1 Å². The van der Waals surface area contributed by atoms with Crippen LogP contribution in [0.2, 0.25) is 0 Å². The number of hydrogen-bond acceptors (Lipinski definition) is 6. The molecule has 29 heavy (non-hydrogen) atoms. The lowest BCUT2D eigenvalue weighted by atomic mass is 10.1. The van der Waals surface area contributed by atoms with E-state index in [9.17, 15) is 9.90 Å². The summed E-state index contributed by atoms with van der Waals surface area (Å²) in [6, 6.07) is 13.9. The van der Waals surface area contributed by atoms with Crippen LogP contribution in [0.4, 0.5) is 0 Å². The first-order valence-corrected chi connectivity index (χ1v) is 9.19. The molecule has 3 aromatic rings. The number of nitrogens with one attached hydrogen (secondary N) is 2. The first-order valence-electron chi connectivity index (χ1n) is 9.19. The van der Waals surface area contributed by atoms with Crippen LogP contribution in [0.3, 0.4) is 0 Å². The molecule has 1 aromatic heterocycles. The van der Waals surface area contributed by atoms with Crippen LogP contribution in [-0.4, -0.2) is 40.6 Å². The Bertz CT molecular complexity index is 1010. The minimum absolute atomic E-state index is 0.0466. The van der Waals surface area contributed by atoms with E-state index in [0.29, 0.717) is 36.0 Å². The third kappa shape index (κ3) is 4.92. The lowest BCUT2D eigenvalue weighted by Crippen LogP contribution is -2.18. The summed E-state index contributed by atoms with van der Waals surface area (Å²) in [5.41, 5.74) is 4.77. The number of hydrazone groups is 1. The fourth-order valence-electron chi connectivity index (χ4n) is 2.64. The number of hydrogen-bond donors (Lipinski definition) is 3. The number of phenols is 1. The van der Waals surface area contributed by atoms with Crippen molar-refractivity contribution in [2.24, 2.45) is 5.10 Å². The molecule has 8 nitrogen and oxygen atoms in total. The second kappa shape index (κ2) is 9.41. The van der Waals surface area contributed by atoms with E-state index < -0.39 is 5.91 Å². The highest BCUT2D eigenvalue weighted by Gasteiger charge is 2.13. The molecule has 1 heterocycles. The Morgan fingerprint density at radius 1 is 1.14 bits per heavy atom. The van der Waals surface area contributed by atoms with Gasteiger partial charge in [-0.05, 0) is 55.8 Å². The molecule has 0 bridgehead atoms. The highest BCUT2D eigenvalue weighted by atomic mass is 16.5. The number of carbonyl (C=O) groups excluding carboxylic acids is 1. The molecule has 0 spiro atoms. The number of aromatic amines is 1. The normalized spacial score (nSPS) is 10.8. The molecule has 0 unspecified atom stereocenters. The minimum Gasteiger partial charge on any atom is -0.504 e. The average Bonchev–Trinajstić information content (AvgIpc) is 3.21. The van der Waals surface area contributed by atoms with Gasteiger partial charge in [0.15, 0.2) is 11.5 Å². The summed E-state index contributed by atoms with van der Waals surface area (Å²) < 4.78 is 10.9. The van der Waals surface area contributed by atoms with Crippen molar-refractivity contribution < 1.29 is 19.4 Å². The van der Waals surface area contributed by atoms with Crippen molar-refractivity contribution in [3.05, 3.63) is 59.8 Å². The first kappa shape index (κ1) is 19.9. The van der Waals surface area contributed by atoms with Gasteiger partial charge >= 0.3 is 0 Å². The zero-order valence-corrected chi connectivity index (χ0v) is 16.2. The van der Waals surface area contributed by atoms with Gasteiger partial charge in [-0.2, -0.15) is 10.2 Å². The fraction of sp³-hybridized carbons (Fsp3) is 0.190. The first-order chi connectivity index (χ1) is 14.1. The lowest BCUT2D eigenvalue weighted by Gasteiger charge is -2.07. The second-order valence-corrected chi connectivity index (χ2v) is 5.96. The van der Waals surface area contributed by atoms with Gasteiger partial charge in [0.1, 0.15) is 11.4 Å². The molecule has 0 aliphatic heterocycles. The Morgan fingerprint density at radius 3 is 2.69 bits per heavy atom. The molecule has 8 heteroatoms. The summed E-state index contributed by atoms with van der Waals surface area (Å²) in [6.07, 6.45) is 1.46. The number of para-hydroxylation sites is 1. The Balaban J connectivity index is 1.68. The molecule has 2 aromatic carbocycles. The Kier molecular flexibility index (Phi) is 6.47. The number of amides is 1. The van der Waals surface area contributed by atoms with E-state index in [1.165, 1.54) is 12.3 Å².